The van der Waals surface area contributed by atoms with Gasteiger partial charge in [0.25, 0.3) is 0 Å². The molecule has 1 aliphatic carbocycles. The van der Waals surface area contributed by atoms with E-state index in [0.717, 1.165) is 45.2 Å². The van der Waals surface area contributed by atoms with Crippen LogP contribution in [0.5, 0.6) is 0 Å². The van der Waals surface area contributed by atoms with Gasteiger partial charge in [0.15, 0.2) is 0 Å². The van der Waals surface area contributed by atoms with Crippen LogP contribution in [0.3, 0.4) is 0 Å². The van der Waals surface area contributed by atoms with Gasteiger partial charge in [-0.25, -0.2) is 0 Å². The summed E-state index contributed by atoms with van der Waals surface area (Å²) in [5.74, 6) is 0. The molecule has 2 N–H and O–H groups in total. The van der Waals surface area contributed by atoms with Crippen LogP contribution in [0, 0.1) is 11.3 Å². The highest BCUT2D eigenvalue weighted by molar-refractivity contribution is 6.45. The minimum absolute atomic E-state index is 0.297. The van der Waals surface area contributed by atoms with Crippen LogP contribution in [0.1, 0.15) is 37.7 Å². The van der Waals surface area contributed by atoms with Crippen molar-refractivity contribution in [3.05, 3.63) is 35.9 Å². The summed E-state index contributed by atoms with van der Waals surface area (Å²) < 4.78 is 0. The second kappa shape index (κ2) is 7.04. The number of rotatable bonds is 4. The fourth-order valence-electron chi connectivity index (χ4n) is 4.28. The van der Waals surface area contributed by atoms with E-state index in [0.29, 0.717) is 12.1 Å². The molecule has 0 spiro atoms. The molecule has 1 aliphatic heterocycles. The fraction of sp³-hybridized carbons (Fsp3) is 0.611. The minimum atomic E-state index is -0.435. The van der Waals surface area contributed by atoms with Crippen molar-refractivity contribution in [2.24, 2.45) is 0 Å². The summed E-state index contributed by atoms with van der Waals surface area (Å²) >= 11 is 0. The summed E-state index contributed by atoms with van der Waals surface area (Å²) in [5.41, 5.74) is 0.880. The molecule has 1 atom stereocenters. The molecule has 3 rings (SSSR count). The number of benzene rings is 1. The molecule has 0 radical (unpaired) electrons. The van der Waals surface area contributed by atoms with Crippen molar-refractivity contribution >= 4 is 7.05 Å². The van der Waals surface area contributed by atoms with E-state index in [4.69, 9.17) is 0 Å². The predicted molar refractivity (Wildman–Crippen MR) is 92.9 cm³/mol. The zero-order chi connectivity index (χ0) is 16.3. The van der Waals surface area contributed by atoms with E-state index in [2.05, 4.69) is 28.3 Å². The molecule has 0 bridgehead atoms. The summed E-state index contributed by atoms with van der Waals surface area (Å²) in [6.07, 6.45) is 5.17. The van der Waals surface area contributed by atoms with Crippen molar-refractivity contribution in [2.45, 2.75) is 56.4 Å². The summed E-state index contributed by atoms with van der Waals surface area (Å²) in [6.45, 7) is 3.89. The highest BCUT2D eigenvalue weighted by Gasteiger charge is 2.40. The highest BCUT2D eigenvalue weighted by atomic mass is 16.2. The Bertz CT molecular complexity index is 549. The van der Waals surface area contributed by atoms with E-state index in [-0.39, 0.29) is 5.41 Å². The minimum Gasteiger partial charge on any atom is -0.437 e. The molecule has 0 amide bonds. The van der Waals surface area contributed by atoms with Gasteiger partial charge in [0.2, 0.25) is 0 Å². The second-order valence-electron chi connectivity index (χ2n) is 7.11. The molecular formula is C18H26BN3O. The number of nitrogens with zero attached hydrogens (tertiary/aromatic N) is 2. The van der Waals surface area contributed by atoms with Crippen LogP contribution in [0.2, 0.25) is 6.82 Å². The first-order chi connectivity index (χ1) is 11.1. The Morgan fingerprint density at radius 3 is 2.57 bits per heavy atom. The van der Waals surface area contributed by atoms with E-state index in [1.807, 2.05) is 18.2 Å². The van der Waals surface area contributed by atoms with Gasteiger partial charge in [-0.1, -0.05) is 30.3 Å². The number of nitrogens with one attached hydrogen (secondary N) is 1. The normalized spacial score (nSPS) is 31.7. The number of hydrogen-bond acceptors (Lipinski definition) is 4. The fourth-order valence-corrected chi connectivity index (χ4v) is 4.28. The van der Waals surface area contributed by atoms with E-state index >= 15 is 0 Å². The average molecular weight is 311 g/mol. The standard InChI is InChI=1S/C18H26BN3O/c1-19(23)21-16-9-12-22(13-16)17-7-10-18(14-20,11-8-17)15-5-3-2-4-6-15/h2-6,16-17,21,23H,7-13H2,1H3. The second-order valence-corrected chi connectivity index (χ2v) is 7.11. The first-order valence-electron chi connectivity index (χ1n) is 8.78. The Balaban J connectivity index is 1.59. The van der Waals surface area contributed by atoms with Gasteiger partial charge in [-0.2, -0.15) is 5.26 Å². The topological polar surface area (TPSA) is 59.3 Å². The molecule has 1 saturated carbocycles. The van der Waals surface area contributed by atoms with Crippen molar-refractivity contribution in [2.75, 3.05) is 13.1 Å². The van der Waals surface area contributed by atoms with Crippen molar-refractivity contribution in [3.63, 3.8) is 0 Å². The van der Waals surface area contributed by atoms with Gasteiger partial charge >= 0.3 is 7.05 Å². The van der Waals surface area contributed by atoms with Crippen molar-refractivity contribution in [3.8, 4) is 6.07 Å². The van der Waals surface area contributed by atoms with Crippen LogP contribution in [0.4, 0.5) is 0 Å². The lowest BCUT2D eigenvalue weighted by Crippen LogP contribution is -2.45. The number of nitriles is 1. The summed E-state index contributed by atoms with van der Waals surface area (Å²) in [7, 11) is -0.435. The van der Waals surface area contributed by atoms with Crippen molar-refractivity contribution < 1.29 is 5.02 Å². The third kappa shape index (κ3) is 3.60. The number of likely N-dealkylation sites (tertiary alicyclic amines) is 1. The van der Waals surface area contributed by atoms with E-state index in [1.54, 1.807) is 6.82 Å². The quantitative estimate of drug-likeness (QED) is 0.837. The van der Waals surface area contributed by atoms with Gasteiger partial charge < -0.3 is 10.3 Å². The SMILES string of the molecule is CB(O)NC1CCN(C2CCC(C#N)(c3ccccc3)CC2)C1. The summed E-state index contributed by atoms with van der Waals surface area (Å²) in [5, 5.41) is 22.5. The zero-order valence-electron chi connectivity index (χ0n) is 13.9. The maximum absolute atomic E-state index is 9.79. The molecule has 5 heteroatoms. The van der Waals surface area contributed by atoms with E-state index in [9.17, 15) is 10.3 Å². The molecule has 23 heavy (non-hydrogen) atoms. The molecule has 2 aliphatic rings. The molecule has 2 fully saturated rings. The molecule has 1 heterocycles. The molecular weight excluding hydrogens is 285 g/mol. The first-order valence-corrected chi connectivity index (χ1v) is 8.78. The Hall–Kier alpha value is -1.35. The molecule has 0 aromatic heterocycles. The Morgan fingerprint density at radius 2 is 1.96 bits per heavy atom. The van der Waals surface area contributed by atoms with Crippen LogP contribution in [0.15, 0.2) is 30.3 Å². The average Bonchev–Trinajstić information content (AvgIpc) is 3.03. The van der Waals surface area contributed by atoms with Gasteiger partial charge in [0.05, 0.1) is 11.5 Å². The summed E-state index contributed by atoms with van der Waals surface area (Å²) in [6, 6.07) is 13.9. The van der Waals surface area contributed by atoms with E-state index < -0.39 is 7.05 Å². The maximum Gasteiger partial charge on any atom is 0.373 e. The summed E-state index contributed by atoms with van der Waals surface area (Å²) in [4.78, 5) is 2.55. The lowest BCUT2D eigenvalue weighted by Gasteiger charge is -2.39. The molecule has 1 saturated heterocycles. The van der Waals surface area contributed by atoms with Crippen LogP contribution in [-0.4, -0.2) is 42.1 Å². The Kier molecular flexibility index (Phi) is 5.06. The monoisotopic (exact) mass is 311 g/mol. The zero-order valence-corrected chi connectivity index (χ0v) is 13.9. The Morgan fingerprint density at radius 1 is 1.26 bits per heavy atom. The van der Waals surface area contributed by atoms with E-state index in [1.165, 1.54) is 5.56 Å². The maximum atomic E-state index is 9.79. The molecule has 1 aromatic rings. The molecule has 122 valence electrons. The van der Waals surface area contributed by atoms with Gasteiger partial charge in [0.1, 0.15) is 0 Å². The van der Waals surface area contributed by atoms with Crippen LogP contribution in [0.25, 0.3) is 0 Å². The largest absolute Gasteiger partial charge is 0.437 e. The third-order valence-electron chi connectivity index (χ3n) is 5.56. The van der Waals surface area contributed by atoms with Crippen LogP contribution < -0.4 is 5.23 Å². The van der Waals surface area contributed by atoms with Gasteiger partial charge in [0, 0.05) is 18.6 Å². The van der Waals surface area contributed by atoms with Gasteiger partial charge in [-0.05, 0) is 51.0 Å². The molecule has 1 unspecified atom stereocenters. The molecule has 4 nitrogen and oxygen atoms in total. The first kappa shape index (κ1) is 16.5. The highest BCUT2D eigenvalue weighted by Crippen LogP contribution is 2.40. The number of hydrogen-bond donors (Lipinski definition) is 2. The third-order valence-corrected chi connectivity index (χ3v) is 5.56. The lowest BCUT2D eigenvalue weighted by atomic mass is 9.69. The van der Waals surface area contributed by atoms with Gasteiger partial charge in [-0.3, -0.25) is 4.90 Å². The lowest BCUT2D eigenvalue weighted by molar-refractivity contribution is 0.163. The Labute approximate surface area is 139 Å². The van der Waals surface area contributed by atoms with Crippen LogP contribution in [-0.2, 0) is 5.41 Å². The predicted octanol–water partition coefficient (Wildman–Crippen LogP) is 2.16. The molecule has 1 aromatic carbocycles. The van der Waals surface area contributed by atoms with Crippen molar-refractivity contribution in [1.29, 1.82) is 5.26 Å². The van der Waals surface area contributed by atoms with Gasteiger partial charge in [-0.15, -0.1) is 0 Å². The van der Waals surface area contributed by atoms with Crippen LogP contribution >= 0.6 is 0 Å². The smallest absolute Gasteiger partial charge is 0.373 e. The van der Waals surface area contributed by atoms with Crippen molar-refractivity contribution in [1.82, 2.24) is 10.1 Å².